The number of carbonyl (C=O) groups is 2. The van der Waals surface area contributed by atoms with E-state index in [1.54, 1.807) is 0 Å². The molecule has 2 aromatic rings. The van der Waals surface area contributed by atoms with Gasteiger partial charge in [-0.15, -0.1) is 0 Å². The molecule has 4 nitrogen and oxygen atoms in total. The second-order valence-corrected chi connectivity index (χ2v) is 6.92. The van der Waals surface area contributed by atoms with E-state index < -0.39 is 0 Å². The van der Waals surface area contributed by atoms with Crippen molar-refractivity contribution in [3.05, 3.63) is 71.8 Å². The Morgan fingerprint density at radius 3 is 1.27 bits per heavy atom. The summed E-state index contributed by atoms with van der Waals surface area (Å²) < 4.78 is 0. The molecular formula is C22H26N2O2. The van der Waals surface area contributed by atoms with Crippen LogP contribution in [0.4, 0.5) is 0 Å². The Bertz CT molecular complexity index is 672. The summed E-state index contributed by atoms with van der Waals surface area (Å²) >= 11 is 0. The molecular weight excluding hydrogens is 324 g/mol. The zero-order chi connectivity index (χ0) is 18.5. The average Bonchev–Trinajstić information content (AvgIpc) is 2.73. The van der Waals surface area contributed by atoms with E-state index in [-0.39, 0.29) is 23.7 Å². The molecule has 0 aromatic heterocycles. The van der Waals surface area contributed by atoms with Crippen molar-refractivity contribution in [2.75, 3.05) is 26.2 Å². The van der Waals surface area contributed by atoms with Crippen molar-refractivity contribution in [1.29, 1.82) is 0 Å². The highest BCUT2D eigenvalue weighted by molar-refractivity contribution is 5.85. The molecule has 0 bridgehead atoms. The highest BCUT2D eigenvalue weighted by atomic mass is 16.2. The highest BCUT2D eigenvalue weighted by Crippen LogP contribution is 2.21. The van der Waals surface area contributed by atoms with Crippen LogP contribution in [0.3, 0.4) is 0 Å². The van der Waals surface area contributed by atoms with E-state index >= 15 is 0 Å². The first-order valence-electron chi connectivity index (χ1n) is 9.25. The Kier molecular flexibility index (Phi) is 5.71. The zero-order valence-corrected chi connectivity index (χ0v) is 15.5. The van der Waals surface area contributed by atoms with Gasteiger partial charge in [-0.05, 0) is 25.0 Å². The molecule has 1 heterocycles. The van der Waals surface area contributed by atoms with Crippen molar-refractivity contribution in [1.82, 2.24) is 9.80 Å². The van der Waals surface area contributed by atoms with Gasteiger partial charge in [-0.3, -0.25) is 9.59 Å². The van der Waals surface area contributed by atoms with Crippen LogP contribution in [0.5, 0.6) is 0 Å². The monoisotopic (exact) mass is 350 g/mol. The third-order valence-electron chi connectivity index (χ3n) is 5.24. The van der Waals surface area contributed by atoms with Gasteiger partial charge < -0.3 is 9.80 Å². The maximum absolute atomic E-state index is 12.8. The molecule has 3 rings (SSSR count). The molecule has 0 radical (unpaired) electrons. The van der Waals surface area contributed by atoms with Crippen molar-refractivity contribution in [3.8, 4) is 0 Å². The van der Waals surface area contributed by atoms with E-state index in [0.717, 1.165) is 11.1 Å². The Morgan fingerprint density at radius 2 is 0.962 bits per heavy atom. The molecule has 0 unspecified atom stereocenters. The van der Waals surface area contributed by atoms with Crippen molar-refractivity contribution in [2.24, 2.45) is 0 Å². The highest BCUT2D eigenvalue weighted by Gasteiger charge is 2.29. The smallest absolute Gasteiger partial charge is 0.229 e. The number of rotatable bonds is 4. The topological polar surface area (TPSA) is 40.6 Å². The first kappa shape index (κ1) is 18.2. The van der Waals surface area contributed by atoms with Gasteiger partial charge in [-0.2, -0.15) is 0 Å². The van der Waals surface area contributed by atoms with Gasteiger partial charge in [0.1, 0.15) is 0 Å². The normalized spacial score (nSPS) is 16.8. The molecule has 0 saturated carbocycles. The number of benzene rings is 2. The molecule has 4 heteroatoms. The molecule has 2 amide bonds. The molecule has 2 aromatic carbocycles. The van der Waals surface area contributed by atoms with Crippen LogP contribution >= 0.6 is 0 Å². The zero-order valence-electron chi connectivity index (χ0n) is 15.5. The largest absolute Gasteiger partial charge is 0.339 e. The molecule has 1 aliphatic heterocycles. The fourth-order valence-electron chi connectivity index (χ4n) is 3.46. The van der Waals surface area contributed by atoms with Gasteiger partial charge in [0.25, 0.3) is 0 Å². The summed E-state index contributed by atoms with van der Waals surface area (Å²) in [6, 6.07) is 19.7. The fourth-order valence-corrected chi connectivity index (χ4v) is 3.46. The minimum Gasteiger partial charge on any atom is -0.339 e. The number of nitrogens with zero attached hydrogens (tertiary/aromatic N) is 2. The maximum atomic E-state index is 12.8. The van der Waals surface area contributed by atoms with Crippen LogP contribution in [0.15, 0.2) is 60.7 Å². The van der Waals surface area contributed by atoms with Crippen molar-refractivity contribution in [2.45, 2.75) is 25.7 Å². The lowest BCUT2D eigenvalue weighted by atomic mass is 9.98. The fraction of sp³-hybridized carbons (Fsp3) is 0.364. The van der Waals surface area contributed by atoms with Gasteiger partial charge >= 0.3 is 0 Å². The minimum absolute atomic E-state index is 0.138. The summed E-state index contributed by atoms with van der Waals surface area (Å²) in [5.74, 6) is -0.0257. The number of carbonyl (C=O) groups excluding carboxylic acids is 2. The Balaban J connectivity index is 1.57. The molecule has 0 aliphatic carbocycles. The van der Waals surface area contributed by atoms with Gasteiger partial charge in [0.15, 0.2) is 0 Å². The molecule has 26 heavy (non-hydrogen) atoms. The van der Waals surface area contributed by atoms with E-state index in [2.05, 4.69) is 0 Å². The summed E-state index contributed by atoms with van der Waals surface area (Å²) in [5.41, 5.74) is 2.07. The number of amides is 2. The number of hydrogen-bond donors (Lipinski definition) is 0. The Hall–Kier alpha value is -2.62. The molecule has 0 spiro atoms. The number of piperazine rings is 1. The average molecular weight is 350 g/mol. The second-order valence-electron chi connectivity index (χ2n) is 6.92. The van der Waals surface area contributed by atoms with Crippen LogP contribution in [0.2, 0.25) is 0 Å². The van der Waals surface area contributed by atoms with E-state index in [1.807, 2.05) is 84.3 Å². The van der Waals surface area contributed by atoms with Gasteiger partial charge in [-0.1, -0.05) is 60.7 Å². The van der Waals surface area contributed by atoms with Gasteiger partial charge in [0.2, 0.25) is 11.8 Å². The van der Waals surface area contributed by atoms with Crippen LogP contribution in [0.1, 0.15) is 36.8 Å². The maximum Gasteiger partial charge on any atom is 0.229 e. The molecule has 1 saturated heterocycles. The first-order valence-corrected chi connectivity index (χ1v) is 9.25. The van der Waals surface area contributed by atoms with Crippen LogP contribution in [0.25, 0.3) is 0 Å². The van der Waals surface area contributed by atoms with Gasteiger partial charge in [0.05, 0.1) is 11.8 Å². The van der Waals surface area contributed by atoms with Crippen molar-refractivity contribution < 1.29 is 9.59 Å². The van der Waals surface area contributed by atoms with E-state index in [0.29, 0.717) is 26.2 Å². The standard InChI is InChI=1S/C22H26N2O2/c1-17(19-9-5-3-6-10-19)21(25)23-13-15-24(16-14-23)22(26)18(2)20-11-7-4-8-12-20/h3-12,17-18H,13-16H2,1-2H3/t17-,18-/m1/s1. The third-order valence-corrected chi connectivity index (χ3v) is 5.24. The molecule has 1 fully saturated rings. The predicted octanol–water partition coefficient (Wildman–Crippen LogP) is 3.26. The summed E-state index contributed by atoms with van der Waals surface area (Å²) in [4.78, 5) is 29.3. The quantitative estimate of drug-likeness (QED) is 0.849. The van der Waals surface area contributed by atoms with Gasteiger partial charge in [-0.25, -0.2) is 0 Å². The van der Waals surface area contributed by atoms with Crippen LogP contribution in [-0.2, 0) is 9.59 Å². The second kappa shape index (κ2) is 8.17. The summed E-state index contributed by atoms with van der Waals surface area (Å²) in [6.07, 6.45) is 0. The van der Waals surface area contributed by atoms with Gasteiger partial charge in [0, 0.05) is 26.2 Å². The van der Waals surface area contributed by atoms with Crippen molar-refractivity contribution >= 4 is 11.8 Å². The first-order chi connectivity index (χ1) is 12.6. The number of hydrogen-bond acceptors (Lipinski definition) is 2. The van der Waals surface area contributed by atoms with Crippen LogP contribution in [-0.4, -0.2) is 47.8 Å². The SMILES string of the molecule is C[C@@H](C(=O)N1CCN(C(=O)[C@H](C)c2ccccc2)CC1)c1ccccc1. The van der Waals surface area contributed by atoms with Crippen molar-refractivity contribution in [3.63, 3.8) is 0 Å². The lowest BCUT2D eigenvalue weighted by molar-refractivity contribution is -0.140. The lowest BCUT2D eigenvalue weighted by Gasteiger charge is -2.37. The van der Waals surface area contributed by atoms with E-state index in [1.165, 1.54) is 0 Å². The molecule has 0 N–H and O–H groups in total. The third kappa shape index (κ3) is 3.96. The summed E-state index contributed by atoms with van der Waals surface area (Å²) in [6.45, 7) is 6.30. The summed E-state index contributed by atoms with van der Waals surface area (Å²) in [5, 5.41) is 0. The predicted molar refractivity (Wildman–Crippen MR) is 103 cm³/mol. The lowest BCUT2D eigenvalue weighted by Crippen LogP contribution is -2.52. The van der Waals surface area contributed by atoms with E-state index in [9.17, 15) is 9.59 Å². The Labute approximate surface area is 155 Å². The Morgan fingerprint density at radius 1 is 0.654 bits per heavy atom. The molecule has 2 atom stereocenters. The van der Waals surface area contributed by atoms with E-state index in [4.69, 9.17) is 0 Å². The summed E-state index contributed by atoms with van der Waals surface area (Å²) in [7, 11) is 0. The minimum atomic E-state index is -0.151. The van der Waals surface area contributed by atoms with Crippen LogP contribution in [0, 0.1) is 0 Å². The molecule has 136 valence electrons. The molecule has 1 aliphatic rings. The van der Waals surface area contributed by atoms with Crippen LogP contribution < -0.4 is 0 Å².